The molecule has 2 rings (SSSR count). The van der Waals surface area contributed by atoms with Gasteiger partial charge < -0.3 is 0 Å². The monoisotopic (exact) mass is 255 g/mol. The zero-order valence-electron chi connectivity index (χ0n) is 12.3. The highest BCUT2D eigenvalue weighted by atomic mass is 14.1. The molecular formula is C19H27. The summed E-state index contributed by atoms with van der Waals surface area (Å²) < 4.78 is 0. The highest BCUT2D eigenvalue weighted by Crippen LogP contribution is 2.23. The molecule has 0 atom stereocenters. The van der Waals surface area contributed by atoms with E-state index in [0.717, 1.165) is 0 Å². The summed E-state index contributed by atoms with van der Waals surface area (Å²) in [5, 5.41) is 0. The number of fused-ring (bicyclic) bond motifs is 1. The minimum Gasteiger partial charge on any atom is -0.0755 e. The van der Waals surface area contributed by atoms with Crippen molar-refractivity contribution in [3.63, 3.8) is 0 Å². The van der Waals surface area contributed by atoms with Gasteiger partial charge in [-0.1, -0.05) is 82.2 Å². The first-order valence-electron chi connectivity index (χ1n) is 8.04. The van der Waals surface area contributed by atoms with Crippen LogP contribution in [0.1, 0.15) is 75.0 Å². The van der Waals surface area contributed by atoms with Crippen molar-refractivity contribution in [2.45, 2.75) is 64.7 Å². The summed E-state index contributed by atoms with van der Waals surface area (Å²) in [5.74, 6) is 0. The molecule has 0 aromatic heterocycles. The van der Waals surface area contributed by atoms with Crippen molar-refractivity contribution in [3.05, 3.63) is 47.4 Å². The number of benzene rings is 1. The topological polar surface area (TPSA) is 0 Å². The van der Waals surface area contributed by atoms with Crippen LogP contribution in [-0.4, -0.2) is 0 Å². The van der Waals surface area contributed by atoms with Crippen molar-refractivity contribution in [2.24, 2.45) is 0 Å². The Kier molecular flexibility index (Phi) is 6.20. The first-order chi connectivity index (χ1) is 9.40. The van der Waals surface area contributed by atoms with Crippen molar-refractivity contribution in [1.82, 2.24) is 0 Å². The maximum Gasteiger partial charge on any atom is 0.0131 e. The molecule has 0 unspecified atom stereocenters. The SMILES string of the molecule is CCCCCCCCCCc1ccc2c(c1)C=C[CH]2. The third-order valence-corrected chi connectivity index (χ3v) is 4.02. The fraction of sp³-hybridized carbons (Fsp3) is 0.526. The molecule has 0 saturated heterocycles. The van der Waals surface area contributed by atoms with E-state index in [1.165, 1.54) is 74.5 Å². The van der Waals surface area contributed by atoms with Gasteiger partial charge >= 0.3 is 0 Å². The number of aryl methyl sites for hydroxylation is 1. The van der Waals surface area contributed by atoms with Crippen LogP contribution in [0.25, 0.3) is 6.08 Å². The number of hydrogen-bond acceptors (Lipinski definition) is 0. The lowest BCUT2D eigenvalue weighted by molar-refractivity contribution is 0.575. The molecule has 0 heterocycles. The van der Waals surface area contributed by atoms with Crippen LogP contribution in [0.5, 0.6) is 0 Å². The van der Waals surface area contributed by atoms with Crippen molar-refractivity contribution in [2.75, 3.05) is 0 Å². The van der Waals surface area contributed by atoms with Gasteiger partial charge in [0.1, 0.15) is 0 Å². The van der Waals surface area contributed by atoms with Gasteiger partial charge in [-0.2, -0.15) is 0 Å². The van der Waals surface area contributed by atoms with Gasteiger partial charge in [0.2, 0.25) is 0 Å². The zero-order valence-corrected chi connectivity index (χ0v) is 12.3. The fourth-order valence-corrected chi connectivity index (χ4v) is 2.79. The molecule has 0 amide bonds. The molecule has 103 valence electrons. The lowest BCUT2D eigenvalue weighted by atomic mass is 10.0. The van der Waals surface area contributed by atoms with Crippen LogP contribution in [-0.2, 0) is 6.42 Å². The van der Waals surface area contributed by atoms with E-state index < -0.39 is 0 Å². The lowest BCUT2D eigenvalue weighted by Gasteiger charge is -2.05. The Labute approximate surface area is 118 Å². The highest BCUT2D eigenvalue weighted by molar-refractivity contribution is 5.65. The van der Waals surface area contributed by atoms with Gasteiger partial charge in [-0.25, -0.2) is 0 Å². The Balaban J connectivity index is 1.57. The molecule has 19 heavy (non-hydrogen) atoms. The van der Waals surface area contributed by atoms with Gasteiger partial charge in [0, 0.05) is 6.42 Å². The lowest BCUT2D eigenvalue weighted by Crippen LogP contribution is -1.89. The van der Waals surface area contributed by atoms with Gasteiger partial charge in [0.25, 0.3) is 0 Å². The molecule has 0 aliphatic heterocycles. The zero-order chi connectivity index (χ0) is 13.3. The number of rotatable bonds is 9. The van der Waals surface area contributed by atoms with E-state index in [4.69, 9.17) is 0 Å². The predicted octanol–water partition coefficient (Wildman–Crippen LogP) is 5.95. The van der Waals surface area contributed by atoms with Gasteiger partial charge in [-0.15, -0.1) is 0 Å². The Hall–Kier alpha value is -1.04. The summed E-state index contributed by atoms with van der Waals surface area (Å²) in [4.78, 5) is 0. The van der Waals surface area contributed by atoms with Gasteiger partial charge in [0.05, 0.1) is 0 Å². The highest BCUT2D eigenvalue weighted by Gasteiger charge is 2.05. The summed E-state index contributed by atoms with van der Waals surface area (Å²) in [6.07, 6.45) is 19.0. The second-order valence-corrected chi connectivity index (χ2v) is 5.71. The molecule has 0 fully saturated rings. The summed E-state index contributed by atoms with van der Waals surface area (Å²) in [7, 11) is 0. The first-order valence-corrected chi connectivity index (χ1v) is 8.04. The molecule has 1 aromatic carbocycles. The van der Waals surface area contributed by atoms with E-state index in [-0.39, 0.29) is 0 Å². The van der Waals surface area contributed by atoms with Crippen molar-refractivity contribution in [1.29, 1.82) is 0 Å². The summed E-state index contributed by atoms with van der Waals surface area (Å²) in [6.45, 7) is 2.28. The molecule has 0 N–H and O–H groups in total. The molecular weight excluding hydrogens is 228 g/mol. The van der Waals surface area contributed by atoms with Crippen molar-refractivity contribution >= 4 is 6.08 Å². The molecule has 1 aliphatic carbocycles. The smallest absolute Gasteiger partial charge is 0.0131 e. The molecule has 0 bridgehead atoms. The van der Waals surface area contributed by atoms with Crippen LogP contribution < -0.4 is 0 Å². The summed E-state index contributed by atoms with van der Waals surface area (Å²) in [5.41, 5.74) is 4.28. The number of allylic oxidation sites excluding steroid dienone is 1. The Bertz CT molecular complexity index is 400. The molecule has 1 aromatic rings. The van der Waals surface area contributed by atoms with Crippen LogP contribution in [0.3, 0.4) is 0 Å². The molecule has 0 nitrogen and oxygen atoms in total. The van der Waals surface area contributed by atoms with E-state index in [1.807, 2.05) is 0 Å². The van der Waals surface area contributed by atoms with Crippen LogP contribution in [0.2, 0.25) is 0 Å². The maximum atomic E-state index is 2.36. The van der Waals surface area contributed by atoms with Crippen LogP contribution in [0.4, 0.5) is 0 Å². The maximum absolute atomic E-state index is 2.36. The third-order valence-electron chi connectivity index (χ3n) is 4.02. The number of unbranched alkanes of at least 4 members (excludes halogenated alkanes) is 7. The predicted molar refractivity (Wildman–Crippen MR) is 85.2 cm³/mol. The average molecular weight is 255 g/mol. The molecule has 0 saturated carbocycles. The van der Waals surface area contributed by atoms with Gasteiger partial charge in [0.15, 0.2) is 0 Å². The van der Waals surface area contributed by atoms with E-state index in [1.54, 1.807) is 0 Å². The van der Waals surface area contributed by atoms with Gasteiger partial charge in [-0.3, -0.25) is 0 Å². The molecule has 0 heteroatoms. The summed E-state index contributed by atoms with van der Waals surface area (Å²) >= 11 is 0. The molecule has 0 spiro atoms. The van der Waals surface area contributed by atoms with E-state index in [0.29, 0.717) is 0 Å². The normalized spacial score (nSPS) is 12.9. The molecule has 1 aliphatic rings. The molecule has 1 radical (unpaired) electrons. The minimum atomic E-state index is 1.25. The van der Waals surface area contributed by atoms with Crippen LogP contribution in [0.15, 0.2) is 24.3 Å². The number of hydrogen-bond donors (Lipinski definition) is 0. The van der Waals surface area contributed by atoms with E-state index in [2.05, 4.69) is 43.7 Å². The quantitative estimate of drug-likeness (QED) is 0.478. The van der Waals surface area contributed by atoms with E-state index in [9.17, 15) is 0 Å². The second kappa shape index (κ2) is 8.19. The average Bonchev–Trinajstić information content (AvgIpc) is 2.89. The Morgan fingerprint density at radius 1 is 0.789 bits per heavy atom. The van der Waals surface area contributed by atoms with Crippen molar-refractivity contribution < 1.29 is 0 Å². The summed E-state index contributed by atoms with van der Waals surface area (Å²) in [6, 6.07) is 6.91. The largest absolute Gasteiger partial charge is 0.0755 e. The van der Waals surface area contributed by atoms with Crippen molar-refractivity contribution in [3.8, 4) is 0 Å². The third kappa shape index (κ3) is 4.86. The van der Waals surface area contributed by atoms with E-state index >= 15 is 0 Å². The fourth-order valence-electron chi connectivity index (χ4n) is 2.79. The van der Waals surface area contributed by atoms with Gasteiger partial charge in [-0.05, 0) is 29.5 Å². The Morgan fingerprint density at radius 3 is 2.32 bits per heavy atom. The Morgan fingerprint density at radius 2 is 1.53 bits per heavy atom. The van der Waals surface area contributed by atoms with Crippen LogP contribution >= 0.6 is 0 Å². The standard InChI is InChI=1S/C19H27/c1-2-3-4-5-6-7-8-9-11-17-14-15-18-12-10-13-19(18)16-17/h10,12-16H,2-9,11H2,1H3. The van der Waals surface area contributed by atoms with Crippen LogP contribution in [0, 0.1) is 6.42 Å². The first kappa shape index (κ1) is 14.4. The second-order valence-electron chi connectivity index (χ2n) is 5.71. The minimum absolute atomic E-state index is 1.25.